The Morgan fingerprint density at radius 1 is 0.914 bits per heavy atom. The minimum atomic E-state index is -0.261. The van der Waals surface area contributed by atoms with Gasteiger partial charge < -0.3 is 10.3 Å². The van der Waals surface area contributed by atoms with Crippen LogP contribution in [0.2, 0.25) is 0 Å². The van der Waals surface area contributed by atoms with E-state index in [1.54, 1.807) is 18.3 Å². The summed E-state index contributed by atoms with van der Waals surface area (Å²) >= 11 is 0. The molecule has 0 amide bonds. The molecule has 0 spiro atoms. The second-order valence-corrected chi connectivity index (χ2v) is 8.48. The van der Waals surface area contributed by atoms with Crippen LogP contribution in [0.4, 0.5) is 4.39 Å². The van der Waals surface area contributed by atoms with Crippen molar-refractivity contribution in [1.29, 1.82) is 0 Å². The molecule has 0 fully saturated rings. The molecule has 6 nitrogen and oxygen atoms in total. The van der Waals surface area contributed by atoms with Crippen LogP contribution in [0.25, 0.3) is 55.6 Å². The number of hydrogen-bond donors (Lipinski definition) is 3. The molecule has 4 aromatic heterocycles. The molecule has 0 aliphatic carbocycles. The van der Waals surface area contributed by atoms with Crippen LogP contribution in [-0.4, -0.2) is 31.7 Å². The van der Waals surface area contributed by atoms with Gasteiger partial charge in [0, 0.05) is 47.0 Å². The average molecular weight is 463 g/mol. The maximum Gasteiger partial charge on any atom is 0.138 e. The molecular weight excluding hydrogens is 439 g/mol. The van der Waals surface area contributed by atoms with Crippen molar-refractivity contribution in [1.82, 2.24) is 30.5 Å². The molecular formula is C28H23FN6. The molecule has 172 valence electrons. The van der Waals surface area contributed by atoms with E-state index in [0.717, 1.165) is 63.0 Å². The highest BCUT2D eigenvalue weighted by Crippen LogP contribution is 2.35. The lowest BCUT2D eigenvalue weighted by Crippen LogP contribution is -2.11. The fraction of sp³-hybridized carbons (Fsp3) is 0.107. The smallest absolute Gasteiger partial charge is 0.138 e. The number of benzene rings is 2. The number of H-pyrrole nitrogens is 2. The van der Waals surface area contributed by atoms with Crippen molar-refractivity contribution in [2.75, 3.05) is 6.54 Å². The van der Waals surface area contributed by atoms with Gasteiger partial charge in [0.05, 0.1) is 11.2 Å². The van der Waals surface area contributed by atoms with Gasteiger partial charge in [-0.05, 0) is 59.6 Å². The van der Waals surface area contributed by atoms with E-state index < -0.39 is 0 Å². The van der Waals surface area contributed by atoms with Gasteiger partial charge in [0.1, 0.15) is 17.2 Å². The van der Waals surface area contributed by atoms with E-state index in [1.807, 2.05) is 36.7 Å². The van der Waals surface area contributed by atoms with Gasteiger partial charge in [-0.2, -0.15) is 5.10 Å². The zero-order chi connectivity index (χ0) is 23.8. The standard InChI is InChI=1S/C28H23FN6/c1-2-30-14-17-11-19(16-31-15-17)18-7-8-25-23(12-18)27(35-34-25)26-13-22-20(9-10-32-28(22)33-26)21-5-3-4-6-24(21)29/h3-13,15-16,30H,2,14H2,1H3,(H,32,33)(H,34,35). The molecule has 0 bridgehead atoms. The van der Waals surface area contributed by atoms with Crippen molar-refractivity contribution < 1.29 is 4.39 Å². The lowest BCUT2D eigenvalue weighted by atomic mass is 10.0. The lowest BCUT2D eigenvalue weighted by Gasteiger charge is -2.06. The molecule has 0 saturated heterocycles. The molecule has 0 atom stereocenters. The van der Waals surface area contributed by atoms with Crippen molar-refractivity contribution in [3.05, 3.63) is 90.6 Å². The number of aromatic amines is 2. The quantitative estimate of drug-likeness (QED) is 0.280. The summed E-state index contributed by atoms with van der Waals surface area (Å²) in [6.45, 7) is 3.78. The summed E-state index contributed by atoms with van der Waals surface area (Å²) in [6, 6.07) is 19.0. The Morgan fingerprint density at radius 2 is 1.83 bits per heavy atom. The fourth-order valence-electron chi connectivity index (χ4n) is 4.48. The summed E-state index contributed by atoms with van der Waals surface area (Å²) in [6.07, 6.45) is 5.46. The number of hydrogen-bond acceptors (Lipinski definition) is 4. The number of nitrogens with zero attached hydrogens (tertiary/aromatic N) is 3. The first-order valence-electron chi connectivity index (χ1n) is 11.6. The second-order valence-electron chi connectivity index (χ2n) is 8.48. The van der Waals surface area contributed by atoms with Gasteiger partial charge >= 0.3 is 0 Å². The van der Waals surface area contributed by atoms with Crippen LogP contribution in [0.5, 0.6) is 0 Å². The summed E-state index contributed by atoms with van der Waals surface area (Å²) < 4.78 is 14.5. The van der Waals surface area contributed by atoms with Gasteiger partial charge in [0.15, 0.2) is 0 Å². The molecule has 3 N–H and O–H groups in total. The Balaban J connectivity index is 1.45. The van der Waals surface area contributed by atoms with Crippen LogP contribution in [0, 0.1) is 5.82 Å². The number of fused-ring (bicyclic) bond motifs is 2. The van der Waals surface area contributed by atoms with Crippen LogP contribution in [-0.2, 0) is 6.54 Å². The molecule has 0 saturated carbocycles. The third-order valence-electron chi connectivity index (χ3n) is 6.22. The van der Waals surface area contributed by atoms with E-state index in [-0.39, 0.29) is 5.82 Å². The van der Waals surface area contributed by atoms with Gasteiger partial charge in [-0.1, -0.05) is 31.2 Å². The second kappa shape index (κ2) is 8.77. The van der Waals surface area contributed by atoms with E-state index >= 15 is 0 Å². The van der Waals surface area contributed by atoms with Gasteiger partial charge in [-0.3, -0.25) is 10.1 Å². The minimum Gasteiger partial charge on any atom is -0.338 e. The fourth-order valence-corrected chi connectivity index (χ4v) is 4.48. The SMILES string of the molecule is CCNCc1cncc(-c2ccc3[nH]nc(-c4cc5c(-c6ccccc6F)ccnc5[nH]4)c3c2)c1. The monoisotopic (exact) mass is 462 g/mol. The van der Waals surface area contributed by atoms with Crippen LogP contribution in [0.1, 0.15) is 12.5 Å². The number of nitrogens with one attached hydrogen (secondary N) is 3. The Kier molecular flexibility index (Phi) is 5.31. The molecule has 6 aromatic rings. The molecule has 0 aliphatic rings. The summed E-state index contributed by atoms with van der Waals surface area (Å²) in [5.41, 5.74) is 7.81. The zero-order valence-corrected chi connectivity index (χ0v) is 19.1. The maximum atomic E-state index is 14.5. The van der Waals surface area contributed by atoms with Crippen LogP contribution in [0.3, 0.4) is 0 Å². The maximum absolute atomic E-state index is 14.5. The van der Waals surface area contributed by atoms with E-state index in [2.05, 4.69) is 55.6 Å². The molecule has 0 radical (unpaired) electrons. The molecule has 35 heavy (non-hydrogen) atoms. The van der Waals surface area contributed by atoms with Crippen molar-refractivity contribution in [3.63, 3.8) is 0 Å². The van der Waals surface area contributed by atoms with Crippen LogP contribution < -0.4 is 5.32 Å². The van der Waals surface area contributed by atoms with Gasteiger partial charge in [0.2, 0.25) is 0 Å². The summed E-state index contributed by atoms with van der Waals surface area (Å²) in [5.74, 6) is -0.261. The highest BCUT2D eigenvalue weighted by atomic mass is 19.1. The molecule has 6 rings (SSSR count). The highest BCUT2D eigenvalue weighted by Gasteiger charge is 2.16. The number of rotatable bonds is 6. The Morgan fingerprint density at radius 3 is 2.71 bits per heavy atom. The van der Waals surface area contributed by atoms with Crippen molar-refractivity contribution in [2.24, 2.45) is 0 Å². The minimum absolute atomic E-state index is 0.261. The summed E-state index contributed by atoms with van der Waals surface area (Å²) in [7, 11) is 0. The van der Waals surface area contributed by atoms with Gasteiger partial charge in [-0.25, -0.2) is 9.37 Å². The van der Waals surface area contributed by atoms with Crippen LogP contribution >= 0.6 is 0 Å². The third-order valence-corrected chi connectivity index (χ3v) is 6.22. The van der Waals surface area contributed by atoms with Crippen molar-refractivity contribution in [2.45, 2.75) is 13.5 Å². The van der Waals surface area contributed by atoms with Crippen molar-refractivity contribution in [3.8, 4) is 33.6 Å². The van der Waals surface area contributed by atoms with E-state index in [1.165, 1.54) is 6.07 Å². The Bertz CT molecular complexity index is 1670. The van der Waals surface area contributed by atoms with E-state index in [4.69, 9.17) is 0 Å². The number of halogens is 1. The molecule has 0 unspecified atom stereocenters. The predicted octanol–water partition coefficient (Wildman–Crippen LogP) is 6.08. The summed E-state index contributed by atoms with van der Waals surface area (Å²) in [4.78, 5) is 12.3. The van der Waals surface area contributed by atoms with Gasteiger partial charge in [-0.15, -0.1) is 0 Å². The third kappa shape index (κ3) is 3.86. The topological polar surface area (TPSA) is 82.3 Å². The first kappa shape index (κ1) is 21.2. The van der Waals surface area contributed by atoms with Gasteiger partial charge in [0.25, 0.3) is 0 Å². The number of aromatic nitrogens is 5. The van der Waals surface area contributed by atoms with Crippen LogP contribution in [0.15, 0.2) is 79.3 Å². The first-order valence-corrected chi connectivity index (χ1v) is 11.6. The first-order chi connectivity index (χ1) is 17.2. The van der Waals surface area contributed by atoms with E-state index in [9.17, 15) is 4.39 Å². The van der Waals surface area contributed by atoms with Crippen molar-refractivity contribution >= 4 is 21.9 Å². The molecule has 7 heteroatoms. The molecule has 2 aromatic carbocycles. The lowest BCUT2D eigenvalue weighted by molar-refractivity contribution is 0.631. The molecule has 0 aliphatic heterocycles. The Labute approximate surface area is 201 Å². The highest BCUT2D eigenvalue weighted by molar-refractivity contribution is 6.00. The number of pyridine rings is 2. The average Bonchev–Trinajstić information content (AvgIpc) is 3.51. The zero-order valence-electron chi connectivity index (χ0n) is 19.1. The normalized spacial score (nSPS) is 11.5. The summed E-state index contributed by atoms with van der Waals surface area (Å²) in [5, 5.41) is 12.9. The predicted molar refractivity (Wildman–Crippen MR) is 137 cm³/mol. The largest absolute Gasteiger partial charge is 0.338 e. The molecule has 4 heterocycles. The van der Waals surface area contributed by atoms with E-state index in [0.29, 0.717) is 11.2 Å². The Hall–Kier alpha value is -4.36.